The first-order valence-corrected chi connectivity index (χ1v) is 14.9. The molecule has 0 spiro atoms. The monoisotopic (exact) mass is 559 g/mol. The van der Waals surface area contributed by atoms with E-state index in [1.807, 2.05) is 44.4 Å². The summed E-state index contributed by atoms with van der Waals surface area (Å²) < 4.78 is 5.32. The summed E-state index contributed by atoms with van der Waals surface area (Å²) in [6.45, 7) is 13.0. The smallest absolute Gasteiger partial charge is 0.253 e. The minimum absolute atomic E-state index is 0.0521. The number of ether oxygens (including phenoxy) is 1. The molecule has 0 aliphatic carbocycles. The molecule has 0 bridgehead atoms. The van der Waals surface area contributed by atoms with Gasteiger partial charge in [-0.25, -0.2) is 0 Å². The van der Waals surface area contributed by atoms with Gasteiger partial charge >= 0.3 is 0 Å². The quantitative estimate of drug-likeness (QED) is 0.360. The van der Waals surface area contributed by atoms with Gasteiger partial charge in [-0.2, -0.15) is 0 Å². The Kier molecular flexibility index (Phi) is 12.6. The molecule has 2 aliphatic heterocycles. The van der Waals surface area contributed by atoms with Gasteiger partial charge in [-0.05, 0) is 87.5 Å². The summed E-state index contributed by atoms with van der Waals surface area (Å²) in [7, 11) is 5.32. The number of allylic oxidation sites excluding steroid dienone is 1. The number of pyridine rings is 1. The standard InChI is InChI=1S/C32H43N5O2.C2H6/c1-23(21-37-18-13-26(14-19-37)25-6-8-27(9-7-25)32(38)36(3)4)20-29-24(2)33-16-12-31(29)35-17-11-30-28(22-39-5)10-15-34-30;1-2/h6-9,11-12,16-17,20,26,34H,10,13-15,18-19,21-22H2,1-5H3,(H,33,35);1-2H3/b17-11-,23-20+;. The zero-order valence-electron chi connectivity index (χ0n) is 26.1. The summed E-state index contributed by atoms with van der Waals surface area (Å²) in [5, 5.41) is 6.91. The normalized spacial score (nSPS) is 16.4. The number of anilines is 1. The Morgan fingerprint density at radius 1 is 1.17 bits per heavy atom. The van der Waals surface area contributed by atoms with Crippen molar-refractivity contribution in [3.8, 4) is 0 Å². The Bertz CT molecular complexity index is 1220. The van der Waals surface area contributed by atoms with Crippen molar-refractivity contribution in [3.05, 3.63) is 88.0 Å². The predicted molar refractivity (Wildman–Crippen MR) is 171 cm³/mol. The van der Waals surface area contributed by atoms with E-state index >= 15 is 0 Å². The number of hydrogen-bond acceptors (Lipinski definition) is 6. The lowest BCUT2D eigenvalue weighted by Crippen LogP contribution is -2.34. The molecule has 1 saturated heterocycles. The molecule has 41 heavy (non-hydrogen) atoms. The third kappa shape index (κ3) is 9.03. The Morgan fingerprint density at radius 2 is 1.88 bits per heavy atom. The van der Waals surface area contributed by atoms with Gasteiger partial charge in [-0.15, -0.1) is 0 Å². The largest absolute Gasteiger partial charge is 0.385 e. The average Bonchev–Trinajstić information content (AvgIpc) is 3.43. The minimum atomic E-state index is 0.0521. The number of carbonyl (C=O) groups excluding carboxylic acids is 1. The van der Waals surface area contributed by atoms with E-state index in [0.29, 0.717) is 12.5 Å². The molecule has 0 unspecified atom stereocenters. The molecule has 0 atom stereocenters. The number of hydrogen-bond donors (Lipinski definition) is 2. The number of nitrogens with zero attached hydrogens (tertiary/aromatic N) is 3. The van der Waals surface area contributed by atoms with Gasteiger partial charge in [-0.1, -0.05) is 37.6 Å². The van der Waals surface area contributed by atoms with E-state index in [4.69, 9.17) is 4.74 Å². The summed E-state index contributed by atoms with van der Waals surface area (Å²) in [4.78, 5) is 20.9. The number of nitrogens with one attached hydrogen (secondary N) is 2. The lowest BCUT2D eigenvalue weighted by Gasteiger charge is -2.32. The summed E-state index contributed by atoms with van der Waals surface area (Å²) in [6, 6.07) is 10.2. The number of carbonyl (C=O) groups is 1. The van der Waals surface area contributed by atoms with Gasteiger partial charge in [0.1, 0.15) is 0 Å². The molecule has 1 aromatic heterocycles. The van der Waals surface area contributed by atoms with Gasteiger partial charge < -0.3 is 20.3 Å². The fraction of sp³-hybridized carbons (Fsp3) is 0.471. The van der Waals surface area contributed by atoms with E-state index in [2.05, 4.69) is 58.6 Å². The first kappa shape index (κ1) is 32.1. The van der Waals surface area contributed by atoms with Crippen molar-refractivity contribution in [2.45, 2.75) is 52.9 Å². The molecule has 2 aromatic rings. The molecule has 2 aliphatic rings. The fourth-order valence-corrected chi connectivity index (χ4v) is 5.43. The lowest BCUT2D eigenvalue weighted by atomic mass is 9.88. The average molecular weight is 560 g/mol. The molecule has 1 amide bonds. The number of aromatic nitrogens is 1. The highest BCUT2D eigenvalue weighted by Crippen LogP contribution is 2.29. The van der Waals surface area contributed by atoms with Gasteiger partial charge in [-0.3, -0.25) is 14.7 Å². The van der Waals surface area contributed by atoms with Crippen molar-refractivity contribution in [1.82, 2.24) is 20.1 Å². The molecular formula is C34H49N5O2. The van der Waals surface area contributed by atoms with Gasteiger partial charge in [0.25, 0.3) is 5.91 Å². The van der Waals surface area contributed by atoms with E-state index in [9.17, 15) is 4.79 Å². The topological polar surface area (TPSA) is 69.7 Å². The van der Waals surface area contributed by atoms with E-state index in [-0.39, 0.29) is 5.91 Å². The second kappa shape index (κ2) is 16.1. The maximum atomic E-state index is 12.2. The van der Waals surface area contributed by atoms with Gasteiger partial charge in [0.15, 0.2) is 0 Å². The van der Waals surface area contributed by atoms with Crippen LogP contribution in [0.3, 0.4) is 0 Å². The maximum Gasteiger partial charge on any atom is 0.253 e. The van der Waals surface area contributed by atoms with Crippen LogP contribution in [0.1, 0.15) is 73.1 Å². The van der Waals surface area contributed by atoms with Crippen LogP contribution in [0.25, 0.3) is 6.08 Å². The van der Waals surface area contributed by atoms with Gasteiger partial charge in [0.05, 0.1) is 6.61 Å². The highest BCUT2D eigenvalue weighted by molar-refractivity contribution is 5.93. The van der Waals surface area contributed by atoms with Crippen LogP contribution >= 0.6 is 0 Å². The number of benzene rings is 1. The molecule has 7 nitrogen and oxygen atoms in total. The van der Waals surface area contributed by atoms with E-state index in [0.717, 1.165) is 73.6 Å². The molecule has 7 heteroatoms. The van der Waals surface area contributed by atoms with Crippen LogP contribution in [0.5, 0.6) is 0 Å². The van der Waals surface area contributed by atoms with Crippen LogP contribution in [0.4, 0.5) is 5.69 Å². The summed E-state index contributed by atoms with van der Waals surface area (Å²) in [6.07, 6.45) is 11.5. The van der Waals surface area contributed by atoms with Crippen LogP contribution < -0.4 is 10.6 Å². The Hall–Kier alpha value is -3.42. The number of likely N-dealkylation sites (tertiary alicyclic amines) is 1. The van der Waals surface area contributed by atoms with Crippen molar-refractivity contribution in [2.24, 2.45) is 0 Å². The van der Waals surface area contributed by atoms with Crippen LogP contribution in [-0.4, -0.2) is 74.7 Å². The number of amides is 1. The molecule has 1 aromatic carbocycles. The molecule has 0 radical (unpaired) electrons. The third-order valence-electron chi connectivity index (χ3n) is 7.61. The zero-order chi connectivity index (χ0) is 29.8. The Morgan fingerprint density at radius 3 is 2.54 bits per heavy atom. The number of piperidine rings is 1. The molecular weight excluding hydrogens is 510 g/mol. The fourth-order valence-electron chi connectivity index (χ4n) is 5.43. The molecule has 4 rings (SSSR count). The molecule has 0 saturated carbocycles. The van der Waals surface area contributed by atoms with Crippen LogP contribution in [0.2, 0.25) is 0 Å². The molecule has 1 fully saturated rings. The first-order chi connectivity index (χ1) is 19.9. The van der Waals surface area contributed by atoms with Crippen LogP contribution in [-0.2, 0) is 4.74 Å². The molecule has 2 N–H and O–H groups in total. The number of methoxy groups -OCH3 is 1. The van der Waals surface area contributed by atoms with Gasteiger partial charge in [0, 0.05) is 74.9 Å². The summed E-state index contributed by atoms with van der Waals surface area (Å²) in [5.74, 6) is 0.599. The van der Waals surface area contributed by atoms with Crippen molar-refractivity contribution >= 4 is 17.7 Å². The zero-order valence-corrected chi connectivity index (χ0v) is 26.1. The maximum absolute atomic E-state index is 12.2. The van der Waals surface area contributed by atoms with Crippen molar-refractivity contribution < 1.29 is 9.53 Å². The molecule has 3 heterocycles. The summed E-state index contributed by atoms with van der Waals surface area (Å²) in [5.41, 5.74) is 9.06. The number of aryl methyl sites for hydroxylation is 1. The highest BCUT2D eigenvalue weighted by atomic mass is 16.5. The first-order valence-electron chi connectivity index (χ1n) is 14.9. The van der Waals surface area contributed by atoms with Crippen molar-refractivity contribution in [2.75, 3.05) is 59.3 Å². The predicted octanol–water partition coefficient (Wildman–Crippen LogP) is 6.22. The van der Waals surface area contributed by atoms with Gasteiger partial charge in [0.2, 0.25) is 0 Å². The Balaban J connectivity index is 0.00000226. The van der Waals surface area contributed by atoms with Crippen LogP contribution in [0.15, 0.2) is 65.6 Å². The van der Waals surface area contributed by atoms with E-state index in [1.54, 1.807) is 26.1 Å². The summed E-state index contributed by atoms with van der Waals surface area (Å²) >= 11 is 0. The van der Waals surface area contributed by atoms with Crippen molar-refractivity contribution in [3.63, 3.8) is 0 Å². The highest BCUT2D eigenvalue weighted by Gasteiger charge is 2.21. The lowest BCUT2D eigenvalue weighted by molar-refractivity contribution is 0.0827. The second-order valence-corrected chi connectivity index (χ2v) is 10.8. The SMILES string of the molecule is CC.COCC1=C(/C=C\Nc2ccnc(C)c2/C=C(\C)CN2CCC(c3ccc(C(=O)N(C)C)cc3)CC2)NCC1. The Labute approximate surface area is 247 Å². The molecule has 222 valence electrons. The number of rotatable bonds is 10. The van der Waals surface area contributed by atoms with Crippen molar-refractivity contribution in [1.29, 1.82) is 0 Å². The van der Waals surface area contributed by atoms with E-state index in [1.165, 1.54) is 16.7 Å². The van der Waals surface area contributed by atoms with E-state index < -0.39 is 0 Å². The second-order valence-electron chi connectivity index (χ2n) is 10.8. The minimum Gasteiger partial charge on any atom is -0.385 e. The third-order valence-corrected chi connectivity index (χ3v) is 7.61. The van der Waals surface area contributed by atoms with Crippen LogP contribution in [0, 0.1) is 6.92 Å².